The Morgan fingerprint density at radius 3 is 2.52 bits per heavy atom. The van der Waals surface area contributed by atoms with Crippen LogP contribution >= 0.6 is 11.6 Å². The molecule has 0 saturated carbocycles. The van der Waals surface area contributed by atoms with Gasteiger partial charge in [-0.3, -0.25) is 4.31 Å². The van der Waals surface area contributed by atoms with E-state index in [-0.39, 0.29) is 0 Å². The van der Waals surface area contributed by atoms with E-state index >= 15 is 0 Å². The van der Waals surface area contributed by atoms with Crippen LogP contribution in [0.25, 0.3) is 11.6 Å². The van der Waals surface area contributed by atoms with E-state index in [0.717, 1.165) is 27.8 Å². The number of rotatable bonds is 3. The number of halogens is 1. The molecule has 29 heavy (non-hydrogen) atoms. The molecule has 0 saturated heterocycles. The zero-order valence-corrected chi connectivity index (χ0v) is 17.7. The number of sulfonamides is 1. The molecule has 0 fully saturated rings. The summed E-state index contributed by atoms with van der Waals surface area (Å²) in [6.07, 6.45) is 3.23. The van der Waals surface area contributed by atoms with Crippen molar-refractivity contribution in [1.82, 2.24) is 0 Å². The van der Waals surface area contributed by atoms with Gasteiger partial charge >= 0.3 is 0 Å². The molecular formula is C23H20ClNO3S. The predicted octanol–water partition coefficient (Wildman–Crippen LogP) is 5.22. The number of hydrogen-bond acceptors (Lipinski definition) is 3. The normalized spacial score (nSPS) is 14.5. The maximum Gasteiger partial charge on any atom is 0.231 e. The molecule has 1 aliphatic rings. The third-order valence-electron chi connectivity index (χ3n) is 4.98. The van der Waals surface area contributed by atoms with Gasteiger partial charge in [0.25, 0.3) is 0 Å². The van der Waals surface area contributed by atoms with E-state index in [1.165, 1.54) is 10.6 Å². The van der Waals surface area contributed by atoms with E-state index in [0.29, 0.717) is 23.1 Å². The Morgan fingerprint density at radius 2 is 1.72 bits per heavy atom. The van der Waals surface area contributed by atoms with Crippen molar-refractivity contribution in [2.45, 2.75) is 6.61 Å². The first-order chi connectivity index (χ1) is 13.8. The number of benzene rings is 3. The smallest absolute Gasteiger partial charge is 0.231 e. The molecule has 4 nitrogen and oxygen atoms in total. The molecule has 3 aromatic carbocycles. The van der Waals surface area contributed by atoms with Crippen LogP contribution in [0.15, 0.2) is 66.7 Å². The summed E-state index contributed by atoms with van der Waals surface area (Å²) in [4.78, 5) is 0. The molecule has 0 bridgehead atoms. The van der Waals surface area contributed by atoms with E-state index in [1.807, 2.05) is 60.7 Å². The Kier molecular flexibility index (Phi) is 5.11. The lowest BCUT2D eigenvalue weighted by Gasteiger charge is -2.17. The highest BCUT2D eigenvalue weighted by Gasteiger charge is 2.21. The van der Waals surface area contributed by atoms with Crippen LogP contribution in [0.3, 0.4) is 0 Å². The molecule has 0 N–H and O–H groups in total. The summed E-state index contributed by atoms with van der Waals surface area (Å²) in [6.45, 7) is 0.432. The Balaban J connectivity index is 1.91. The minimum absolute atomic E-state index is 0.432. The van der Waals surface area contributed by atoms with Crippen LogP contribution in [0.5, 0.6) is 5.75 Å². The quantitative estimate of drug-likeness (QED) is 0.578. The first kappa shape index (κ1) is 19.6. The Hall–Kier alpha value is -2.76. The molecule has 0 spiro atoms. The Bertz CT molecular complexity index is 1220. The zero-order chi connectivity index (χ0) is 20.6. The van der Waals surface area contributed by atoms with Gasteiger partial charge in [0.1, 0.15) is 12.4 Å². The number of anilines is 1. The molecular weight excluding hydrogens is 406 g/mol. The second-order valence-corrected chi connectivity index (χ2v) is 9.37. The molecule has 4 rings (SSSR count). The highest BCUT2D eigenvalue weighted by atomic mass is 35.5. The molecule has 3 aromatic rings. The van der Waals surface area contributed by atoms with Crippen molar-refractivity contribution in [3.05, 3.63) is 94.0 Å². The number of nitrogens with zero attached hydrogens (tertiary/aromatic N) is 1. The van der Waals surface area contributed by atoms with Crippen LogP contribution in [-0.2, 0) is 16.6 Å². The van der Waals surface area contributed by atoms with Crippen molar-refractivity contribution in [3.63, 3.8) is 0 Å². The zero-order valence-electron chi connectivity index (χ0n) is 16.1. The van der Waals surface area contributed by atoms with Gasteiger partial charge in [0.15, 0.2) is 0 Å². The van der Waals surface area contributed by atoms with Crippen LogP contribution in [0.4, 0.5) is 5.69 Å². The van der Waals surface area contributed by atoms with Gasteiger partial charge in [-0.15, -0.1) is 0 Å². The molecule has 0 unspecified atom stereocenters. The summed E-state index contributed by atoms with van der Waals surface area (Å²) in [5.74, 6) is 0.654. The SMILES string of the molecule is CN(c1cccc(/C=C2/c3ccccc3COc3c(Cl)cccc32)c1)S(C)(=O)=O. The topological polar surface area (TPSA) is 46.6 Å². The Labute approximate surface area is 176 Å². The summed E-state index contributed by atoms with van der Waals surface area (Å²) in [6, 6.07) is 21.2. The average Bonchev–Trinajstić information content (AvgIpc) is 2.85. The lowest BCUT2D eigenvalue weighted by Crippen LogP contribution is -2.24. The van der Waals surface area contributed by atoms with Gasteiger partial charge in [-0.05, 0) is 46.5 Å². The molecule has 0 radical (unpaired) electrons. The molecule has 0 aliphatic carbocycles. The fourth-order valence-electron chi connectivity index (χ4n) is 3.40. The van der Waals surface area contributed by atoms with Gasteiger partial charge in [0.2, 0.25) is 10.0 Å². The average molecular weight is 426 g/mol. The highest BCUT2D eigenvalue weighted by Crippen LogP contribution is 2.41. The predicted molar refractivity (Wildman–Crippen MR) is 119 cm³/mol. The Morgan fingerprint density at radius 1 is 1.00 bits per heavy atom. The summed E-state index contributed by atoms with van der Waals surface area (Å²) in [5, 5.41) is 0.562. The number of hydrogen-bond donors (Lipinski definition) is 0. The van der Waals surface area contributed by atoms with Crippen molar-refractivity contribution in [2.24, 2.45) is 0 Å². The van der Waals surface area contributed by atoms with Crippen molar-refractivity contribution in [2.75, 3.05) is 17.6 Å². The minimum Gasteiger partial charge on any atom is -0.487 e. The summed E-state index contributed by atoms with van der Waals surface area (Å²) >= 11 is 6.42. The van der Waals surface area contributed by atoms with Crippen molar-refractivity contribution in [3.8, 4) is 5.75 Å². The first-order valence-electron chi connectivity index (χ1n) is 9.10. The molecule has 1 aliphatic heterocycles. The van der Waals surface area contributed by atoms with Gasteiger partial charge in [-0.25, -0.2) is 8.42 Å². The standard InChI is InChI=1S/C23H20ClNO3S/c1-25(29(2,26)27)18-9-5-7-16(13-18)14-21-19-10-4-3-8-17(19)15-28-23-20(21)11-6-12-22(23)24/h3-14H,15H2,1-2H3/b21-14-. The van der Waals surface area contributed by atoms with E-state index in [2.05, 4.69) is 6.07 Å². The van der Waals surface area contributed by atoms with E-state index in [4.69, 9.17) is 16.3 Å². The summed E-state index contributed by atoms with van der Waals surface area (Å²) < 4.78 is 31.1. The maximum atomic E-state index is 11.9. The molecule has 1 heterocycles. The molecule has 148 valence electrons. The molecule has 6 heteroatoms. The molecule has 0 aromatic heterocycles. The summed E-state index contributed by atoms with van der Waals surface area (Å²) in [7, 11) is -1.79. The van der Waals surface area contributed by atoms with E-state index < -0.39 is 10.0 Å². The fourth-order valence-corrected chi connectivity index (χ4v) is 4.12. The number of para-hydroxylation sites is 1. The lowest BCUT2D eigenvalue weighted by atomic mass is 9.92. The fraction of sp³-hybridized carbons (Fsp3) is 0.130. The molecule has 0 atom stereocenters. The highest BCUT2D eigenvalue weighted by molar-refractivity contribution is 7.92. The van der Waals surface area contributed by atoms with Crippen LogP contribution in [-0.4, -0.2) is 21.7 Å². The van der Waals surface area contributed by atoms with Crippen molar-refractivity contribution in [1.29, 1.82) is 0 Å². The largest absolute Gasteiger partial charge is 0.487 e. The van der Waals surface area contributed by atoms with Gasteiger partial charge in [-0.1, -0.05) is 60.1 Å². The second-order valence-electron chi connectivity index (χ2n) is 6.95. The van der Waals surface area contributed by atoms with Crippen molar-refractivity contribution >= 4 is 39.0 Å². The van der Waals surface area contributed by atoms with Gasteiger partial charge in [0, 0.05) is 12.6 Å². The minimum atomic E-state index is -3.34. The summed E-state index contributed by atoms with van der Waals surface area (Å²) in [5.41, 5.74) is 5.51. The monoisotopic (exact) mass is 425 g/mol. The lowest BCUT2D eigenvalue weighted by molar-refractivity contribution is 0.307. The van der Waals surface area contributed by atoms with Gasteiger partial charge in [-0.2, -0.15) is 0 Å². The van der Waals surface area contributed by atoms with Crippen LogP contribution in [0.1, 0.15) is 22.3 Å². The maximum absolute atomic E-state index is 11.9. The van der Waals surface area contributed by atoms with Gasteiger partial charge < -0.3 is 4.74 Å². The third kappa shape index (κ3) is 3.88. The third-order valence-corrected chi connectivity index (χ3v) is 6.48. The molecule has 0 amide bonds. The van der Waals surface area contributed by atoms with E-state index in [9.17, 15) is 8.42 Å². The van der Waals surface area contributed by atoms with E-state index in [1.54, 1.807) is 13.1 Å². The van der Waals surface area contributed by atoms with Crippen LogP contribution in [0.2, 0.25) is 5.02 Å². The van der Waals surface area contributed by atoms with Gasteiger partial charge in [0.05, 0.1) is 17.0 Å². The van der Waals surface area contributed by atoms with Crippen LogP contribution in [0, 0.1) is 0 Å². The number of ether oxygens (including phenoxy) is 1. The second kappa shape index (κ2) is 7.58. The van der Waals surface area contributed by atoms with Crippen LogP contribution < -0.4 is 9.04 Å². The first-order valence-corrected chi connectivity index (χ1v) is 11.3. The number of fused-ring (bicyclic) bond motifs is 2. The van der Waals surface area contributed by atoms with Crippen molar-refractivity contribution < 1.29 is 13.2 Å².